The van der Waals surface area contributed by atoms with E-state index in [1.165, 1.54) is 0 Å². The molecule has 0 aromatic carbocycles. The van der Waals surface area contributed by atoms with Crippen molar-refractivity contribution < 1.29 is 4.79 Å². The molecule has 1 heteroatoms. The number of hydrogen-bond donors (Lipinski definition) is 0. The van der Waals surface area contributed by atoms with Crippen molar-refractivity contribution in [2.45, 2.75) is 13.3 Å². The van der Waals surface area contributed by atoms with Gasteiger partial charge in [-0.2, -0.15) is 0 Å². The quantitative estimate of drug-likeness (QED) is 0.418. The van der Waals surface area contributed by atoms with E-state index in [0.29, 0.717) is 6.42 Å². The molecule has 0 aliphatic heterocycles. The van der Waals surface area contributed by atoms with Crippen LogP contribution in [-0.4, -0.2) is 5.78 Å². The highest BCUT2D eigenvalue weighted by atomic mass is 16.1. The lowest BCUT2D eigenvalue weighted by Crippen LogP contribution is -1.81. The van der Waals surface area contributed by atoms with Gasteiger partial charge in [-0.05, 0) is 0 Å². The van der Waals surface area contributed by atoms with Gasteiger partial charge in [0.05, 0.1) is 0 Å². The summed E-state index contributed by atoms with van der Waals surface area (Å²) in [7, 11) is 0. The number of hydrogen-bond acceptors (Lipinski definition) is 1. The van der Waals surface area contributed by atoms with Crippen LogP contribution in [0.15, 0.2) is 0 Å². The number of rotatable bonds is 1. The molecular weight excluding hydrogens is 64.0 g/mol. The Morgan fingerprint density at radius 3 is 2.20 bits per heavy atom. The average molecular weight is 71.1 g/mol. The molecule has 1 nitrogen and oxygen atoms in total. The number of carbonyl (C=O) groups is 1. The minimum absolute atomic E-state index is 0.00463. The highest BCUT2D eigenvalue weighted by molar-refractivity contribution is 5.81. The van der Waals surface area contributed by atoms with Crippen LogP contribution in [-0.2, 0) is 4.79 Å². The summed E-state index contributed by atoms with van der Waals surface area (Å²) in [5.74, 6) is 0.00463. The molecule has 0 aromatic heterocycles. The maximum absolute atomic E-state index is 9.70. The molecule has 0 aliphatic rings. The van der Waals surface area contributed by atoms with Crippen LogP contribution in [0, 0.1) is 6.92 Å². The molecule has 0 aliphatic carbocycles. The van der Waals surface area contributed by atoms with E-state index in [-0.39, 0.29) is 5.78 Å². The Balaban J connectivity index is 2.85. The zero-order valence-corrected chi connectivity index (χ0v) is 3.32. The monoisotopic (exact) mass is 71.0 g/mol. The molecule has 0 saturated carbocycles. The van der Waals surface area contributed by atoms with E-state index >= 15 is 0 Å². The Hall–Kier alpha value is -0.460. The fraction of sp³-hybridized carbons (Fsp3) is 0.500. The minimum Gasteiger partial charge on any atom is -0.244 e. The molecular formula is C4H7O+. The Kier molecular flexibility index (Phi) is 1.65. The summed E-state index contributed by atoms with van der Waals surface area (Å²) in [6.45, 7) is 4.91. The minimum atomic E-state index is 0.00463. The lowest BCUT2D eigenvalue weighted by Gasteiger charge is -1.61. The molecule has 0 unspecified atom stereocenters. The van der Waals surface area contributed by atoms with E-state index in [4.69, 9.17) is 0 Å². The molecule has 0 aromatic rings. The molecule has 0 heterocycles. The predicted molar refractivity (Wildman–Crippen MR) is 20.7 cm³/mol. The van der Waals surface area contributed by atoms with E-state index in [2.05, 4.69) is 6.92 Å². The Bertz CT molecular complexity index is 38.9. The summed E-state index contributed by atoms with van der Waals surface area (Å²) >= 11 is 0. The van der Waals surface area contributed by atoms with Gasteiger partial charge in [0.25, 0.3) is 0 Å². The van der Waals surface area contributed by atoms with Crippen molar-refractivity contribution in [3.05, 3.63) is 6.92 Å². The highest BCUT2D eigenvalue weighted by Gasteiger charge is 1.88. The first-order valence-corrected chi connectivity index (χ1v) is 1.62. The van der Waals surface area contributed by atoms with Gasteiger partial charge in [0.2, 0.25) is 0 Å². The summed E-state index contributed by atoms with van der Waals surface area (Å²) < 4.78 is 0. The standard InChI is InChI=1S/C4H7O/c1-3-4(2)5/h2-3H2,1H3/q+1. The van der Waals surface area contributed by atoms with Crippen LogP contribution >= 0.6 is 0 Å². The van der Waals surface area contributed by atoms with Crippen LogP contribution in [0.2, 0.25) is 0 Å². The fourth-order valence-electron chi connectivity index (χ4n) is 0. The molecule has 0 rings (SSSR count). The molecule has 5 heavy (non-hydrogen) atoms. The fourth-order valence-corrected chi connectivity index (χ4v) is 0. The van der Waals surface area contributed by atoms with Crippen LogP contribution in [0.25, 0.3) is 0 Å². The SMILES string of the molecule is [CH2+]C(=O)CC. The maximum Gasteiger partial charge on any atom is 0.303 e. The molecule has 0 atom stereocenters. The molecule has 0 fully saturated rings. The first-order chi connectivity index (χ1) is 2.27. The van der Waals surface area contributed by atoms with E-state index in [1.54, 1.807) is 6.92 Å². The van der Waals surface area contributed by atoms with Gasteiger partial charge < -0.3 is 0 Å². The predicted octanol–water partition coefficient (Wildman–Crippen LogP) is 0.800. The van der Waals surface area contributed by atoms with Crippen molar-refractivity contribution in [1.29, 1.82) is 0 Å². The summed E-state index contributed by atoms with van der Waals surface area (Å²) in [4.78, 5) is 9.70. The topological polar surface area (TPSA) is 17.1 Å². The number of ketones is 1. The van der Waals surface area contributed by atoms with Gasteiger partial charge in [-0.25, -0.2) is 4.79 Å². The van der Waals surface area contributed by atoms with Crippen molar-refractivity contribution in [1.82, 2.24) is 0 Å². The second kappa shape index (κ2) is 1.82. The molecule has 28 valence electrons. The smallest absolute Gasteiger partial charge is 0.244 e. The second-order valence-electron chi connectivity index (χ2n) is 0.892. The van der Waals surface area contributed by atoms with Crippen molar-refractivity contribution in [3.8, 4) is 0 Å². The van der Waals surface area contributed by atoms with Gasteiger partial charge in [0.1, 0.15) is 6.92 Å². The van der Waals surface area contributed by atoms with Crippen LogP contribution < -0.4 is 0 Å². The Morgan fingerprint density at radius 1 is 2.00 bits per heavy atom. The average Bonchev–Trinajstić information content (AvgIpc) is 1.38. The van der Waals surface area contributed by atoms with Crippen LogP contribution in [0.5, 0.6) is 0 Å². The van der Waals surface area contributed by atoms with Gasteiger partial charge in [-0.3, -0.25) is 0 Å². The van der Waals surface area contributed by atoms with Gasteiger partial charge >= 0.3 is 5.78 Å². The second-order valence-corrected chi connectivity index (χ2v) is 0.892. The number of Topliss-reactive ketones (excluding diaryl/α,β-unsaturated/α-hetero) is 1. The molecule has 0 spiro atoms. The summed E-state index contributed by atoms with van der Waals surface area (Å²) in [6.07, 6.45) is 0.556. The Morgan fingerprint density at radius 2 is 2.20 bits per heavy atom. The lowest BCUT2D eigenvalue weighted by atomic mass is 10.4. The third kappa shape index (κ3) is 3.54. The molecule has 0 bridgehead atoms. The first-order valence-electron chi connectivity index (χ1n) is 1.62. The number of carbonyl (C=O) groups excluding carboxylic acids is 1. The summed E-state index contributed by atoms with van der Waals surface area (Å²) in [5.41, 5.74) is 0. The first kappa shape index (κ1) is 4.54. The normalized spacial score (nSPS) is 7.40. The van der Waals surface area contributed by atoms with E-state index < -0.39 is 0 Å². The lowest BCUT2D eigenvalue weighted by molar-refractivity contribution is -0.114. The molecule has 0 saturated heterocycles. The maximum atomic E-state index is 9.70. The van der Waals surface area contributed by atoms with Crippen molar-refractivity contribution in [2.75, 3.05) is 0 Å². The van der Waals surface area contributed by atoms with Crippen LogP contribution in [0.1, 0.15) is 13.3 Å². The van der Waals surface area contributed by atoms with E-state index in [1.807, 2.05) is 0 Å². The van der Waals surface area contributed by atoms with E-state index in [9.17, 15) is 4.79 Å². The zero-order valence-electron chi connectivity index (χ0n) is 3.32. The van der Waals surface area contributed by atoms with Crippen molar-refractivity contribution in [3.63, 3.8) is 0 Å². The van der Waals surface area contributed by atoms with Crippen molar-refractivity contribution >= 4 is 5.78 Å². The van der Waals surface area contributed by atoms with Gasteiger partial charge in [-0.1, -0.05) is 6.92 Å². The summed E-state index contributed by atoms with van der Waals surface area (Å²) in [5, 5.41) is 0. The zero-order chi connectivity index (χ0) is 4.28. The third-order valence-corrected chi connectivity index (χ3v) is 0.394. The van der Waals surface area contributed by atoms with Gasteiger partial charge in [0, 0.05) is 6.42 Å². The summed E-state index contributed by atoms with van der Waals surface area (Å²) in [6, 6.07) is 0. The van der Waals surface area contributed by atoms with Crippen LogP contribution in [0.3, 0.4) is 0 Å². The third-order valence-electron chi connectivity index (χ3n) is 0.394. The van der Waals surface area contributed by atoms with Gasteiger partial charge in [0.15, 0.2) is 0 Å². The highest BCUT2D eigenvalue weighted by Crippen LogP contribution is 1.70. The molecule has 0 radical (unpaired) electrons. The molecule has 0 N–H and O–H groups in total. The largest absolute Gasteiger partial charge is 0.303 e. The van der Waals surface area contributed by atoms with Crippen molar-refractivity contribution in [2.24, 2.45) is 0 Å². The van der Waals surface area contributed by atoms with Gasteiger partial charge in [-0.15, -0.1) is 0 Å². The molecule has 0 amide bonds. The Labute approximate surface area is 32.0 Å². The van der Waals surface area contributed by atoms with Crippen LogP contribution in [0.4, 0.5) is 0 Å². The van der Waals surface area contributed by atoms with E-state index in [0.717, 1.165) is 0 Å².